The number of ether oxygens (including phenoxy) is 1. The van der Waals surface area contributed by atoms with Crippen LogP contribution in [0.15, 0.2) is 60.7 Å². The van der Waals surface area contributed by atoms with Crippen molar-refractivity contribution in [2.24, 2.45) is 0 Å². The standard InChI is InChI=1S/C25H25F3N4O2/c1-17-6-3-4-9-21(17)22-10-11-23(30-29-22)31-12-14-32(15-13-31)24(33)18(2)34-20-8-5-7-19(16-20)25(26,27)28/h3-11,16,18H,12-15H2,1-2H3. The molecule has 1 fully saturated rings. The van der Waals surface area contributed by atoms with E-state index < -0.39 is 17.8 Å². The first-order valence-corrected chi connectivity index (χ1v) is 11.0. The van der Waals surface area contributed by atoms with Crippen LogP contribution in [0.25, 0.3) is 11.3 Å². The topological polar surface area (TPSA) is 58.6 Å². The monoisotopic (exact) mass is 470 g/mol. The molecule has 0 aliphatic carbocycles. The number of carbonyl (C=O) groups is 1. The average molecular weight is 470 g/mol. The molecule has 1 saturated heterocycles. The van der Waals surface area contributed by atoms with E-state index >= 15 is 0 Å². The van der Waals surface area contributed by atoms with Crippen molar-refractivity contribution in [3.63, 3.8) is 0 Å². The Labute approximate surface area is 196 Å². The van der Waals surface area contributed by atoms with Crippen molar-refractivity contribution in [3.05, 3.63) is 71.8 Å². The number of carbonyl (C=O) groups excluding carboxylic acids is 1. The van der Waals surface area contributed by atoms with Gasteiger partial charge in [0.15, 0.2) is 11.9 Å². The van der Waals surface area contributed by atoms with E-state index in [1.54, 1.807) is 11.8 Å². The molecule has 34 heavy (non-hydrogen) atoms. The summed E-state index contributed by atoms with van der Waals surface area (Å²) in [4.78, 5) is 16.5. The summed E-state index contributed by atoms with van der Waals surface area (Å²) in [6.45, 7) is 5.62. The third-order valence-corrected chi connectivity index (χ3v) is 5.81. The van der Waals surface area contributed by atoms with E-state index in [4.69, 9.17) is 4.74 Å². The molecule has 1 aromatic heterocycles. The Morgan fingerprint density at radius 1 is 0.971 bits per heavy atom. The number of hydrogen-bond acceptors (Lipinski definition) is 5. The Balaban J connectivity index is 1.33. The highest BCUT2D eigenvalue weighted by Gasteiger charge is 2.31. The number of amides is 1. The zero-order valence-corrected chi connectivity index (χ0v) is 18.9. The van der Waals surface area contributed by atoms with Crippen LogP contribution in [0.4, 0.5) is 19.0 Å². The van der Waals surface area contributed by atoms with Crippen molar-refractivity contribution < 1.29 is 22.7 Å². The van der Waals surface area contributed by atoms with Crippen LogP contribution in [-0.2, 0) is 11.0 Å². The highest BCUT2D eigenvalue weighted by molar-refractivity contribution is 5.81. The molecule has 178 valence electrons. The van der Waals surface area contributed by atoms with E-state index in [0.29, 0.717) is 26.2 Å². The third kappa shape index (κ3) is 5.30. The van der Waals surface area contributed by atoms with Crippen molar-refractivity contribution >= 4 is 11.7 Å². The average Bonchev–Trinajstić information content (AvgIpc) is 2.84. The number of halogens is 3. The van der Waals surface area contributed by atoms with Gasteiger partial charge in [0.1, 0.15) is 5.75 Å². The van der Waals surface area contributed by atoms with Crippen LogP contribution < -0.4 is 9.64 Å². The fourth-order valence-corrected chi connectivity index (χ4v) is 3.91. The summed E-state index contributed by atoms with van der Waals surface area (Å²) in [5.41, 5.74) is 2.15. The maximum atomic E-state index is 12.9. The Hall–Kier alpha value is -3.62. The predicted octanol–water partition coefficient (Wildman–Crippen LogP) is 4.59. The summed E-state index contributed by atoms with van der Waals surface area (Å²) in [6.07, 6.45) is -5.37. The molecule has 0 saturated carbocycles. The molecule has 1 amide bonds. The van der Waals surface area contributed by atoms with Gasteiger partial charge >= 0.3 is 6.18 Å². The van der Waals surface area contributed by atoms with Crippen molar-refractivity contribution in [3.8, 4) is 17.0 Å². The normalized spacial score (nSPS) is 15.2. The number of rotatable bonds is 5. The van der Waals surface area contributed by atoms with E-state index in [2.05, 4.69) is 15.1 Å². The molecule has 3 aromatic rings. The number of aryl methyl sites for hydroxylation is 1. The molecule has 0 spiro atoms. The van der Waals surface area contributed by atoms with Crippen LogP contribution in [-0.4, -0.2) is 53.3 Å². The number of anilines is 1. The van der Waals surface area contributed by atoms with Gasteiger partial charge in [-0.15, -0.1) is 10.2 Å². The number of nitrogens with zero attached hydrogens (tertiary/aromatic N) is 4. The third-order valence-electron chi connectivity index (χ3n) is 5.81. The van der Waals surface area contributed by atoms with E-state index in [9.17, 15) is 18.0 Å². The fraction of sp³-hybridized carbons (Fsp3) is 0.320. The van der Waals surface area contributed by atoms with Crippen molar-refractivity contribution in [1.29, 1.82) is 0 Å². The van der Waals surface area contributed by atoms with Gasteiger partial charge in [0.2, 0.25) is 0 Å². The lowest BCUT2D eigenvalue weighted by Gasteiger charge is -2.36. The van der Waals surface area contributed by atoms with E-state index in [1.807, 2.05) is 43.3 Å². The molecule has 4 rings (SSSR count). The number of alkyl halides is 3. The minimum atomic E-state index is -4.47. The SMILES string of the molecule is Cc1ccccc1-c1ccc(N2CCN(C(=O)C(C)Oc3cccc(C(F)(F)F)c3)CC2)nn1. The maximum absolute atomic E-state index is 12.9. The zero-order valence-electron chi connectivity index (χ0n) is 18.9. The van der Waals surface area contributed by atoms with Crippen molar-refractivity contribution in [2.75, 3.05) is 31.1 Å². The first-order valence-electron chi connectivity index (χ1n) is 11.0. The highest BCUT2D eigenvalue weighted by Crippen LogP contribution is 2.31. The Morgan fingerprint density at radius 2 is 1.71 bits per heavy atom. The highest BCUT2D eigenvalue weighted by atomic mass is 19.4. The molecule has 6 nitrogen and oxygen atoms in total. The lowest BCUT2D eigenvalue weighted by Crippen LogP contribution is -2.52. The molecule has 1 aliphatic rings. The molecule has 2 heterocycles. The number of piperazine rings is 1. The minimum absolute atomic E-state index is 0.0123. The van der Waals surface area contributed by atoms with Gasteiger partial charge in [0.25, 0.3) is 5.91 Å². The van der Waals surface area contributed by atoms with Gasteiger partial charge in [0.05, 0.1) is 11.3 Å². The summed E-state index contributed by atoms with van der Waals surface area (Å²) >= 11 is 0. The Bertz CT molecular complexity index is 1140. The molecule has 1 atom stereocenters. The lowest BCUT2D eigenvalue weighted by atomic mass is 10.1. The Morgan fingerprint density at radius 3 is 2.35 bits per heavy atom. The van der Waals surface area contributed by atoms with Gasteiger partial charge in [-0.05, 0) is 49.7 Å². The van der Waals surface area contributed by atoms with Crippen LogP contribution in [0.2, 0.25) is 0 Å². The van der Waals surface area contributed by atoms with Crippen LogP contribution in [0, 0.1) is 6.92 Å². The molecule has 0 radical (unpaired) electrons. The molecule has 0 bridgehead atoms. The van der Waals surface area contributed by atoms with E-state index in [1.165, 1.54) is 12.1 Å². The molecule has 2 aromatic carbocycles. The van der Waals surface area contributed by atoms with E-state index in [-0.39, 0.29) is 11.7 Å². The minimum Gasteiger partial charge on any atom is -0.481 e. The fourth-order valence-electron chi connectivity index (χ4n) is 3.91. The lowest BCUT2D eigenvalue weighted by molar-refractivity contribution is -0.138. The van der Waals surface area contributed by atoms with Gasteiger partial charge in [-0.25, -0.2) is 0 Å². The van der Waals surface area contributed by atoms with Crippen LogP contribution in [0.1, 0.15) is 18.1 Å². The summed E-state index contributed by atoms with van der Waals surface area (Å²) in [5, 5.41) is 8.73. The number of benzene rings is 2. The van der Waals surface area contributed by atoms with Crippen LogP contribution in [0.3, 0.4) is 0 Å². The first-order chi connectivity index (χ1) is 16.2. The number of hydrogen-bond donors (Lipinski definition) is 0. The summed E-state index contributed by atoms with van der Waals surface area (Å²) in [5.74, 6) is 0.481. The summed E-state index contributed by atoms with van der Waals surface area (Å²) in [6, 6.07) is 16.4. The van der Waals surface area contributed by atoms with Crippen molar-refractivity contribution in [1.82, 2.24) is 15.1 Å². The van der Waals surface area contributed by atoms with Gasteiger partial charge in [0, 0.05) is 31.7 Å². The van der Waals surface area contributed by atoms with Crippen LogP contribution in [0.5, 0.6) is 5.75 Å². The second-order valence-electron chi connectivity index (χ2n) is 8.19. The second-order valence-corrected chi connectivity index (χ2v) is 8.19. The number of aromatic nitrogens is 2. The maximum Gasteiger partial charge on any atom is 0.416 e. The zero-order chi connectivity index (χ0) is 24.3. The Kier molecular flexibility index (Phi) is 6.72. The summed E-state index contributed by atoms with van der Waals surface area (Å²) in [7, 11) is 0. The van der Waals surface area contributed by atoms with Crippen molar-refractivity contribution in [2.45, 2.75) is 26.1 Å². The molecule has 1 aliphatic heterocycles. The van der Waals surface area contributed by atoms with Gasteiger partial charge < -0.3 is 14.5 Å². The first kappa shape index (κ1) is 23.5. The van der Waals surface area contributed by atoms with Crippen LogP contribution >= 0.6 is 0 Å². The molecule has 9 heteroatoms. The van der Waals surface area contributed by atoms with E-state index in [0.717, 1.165) is 34.8 Å². The smallest absolute Gasteiger partial charge is 0.416 e. The van der Waals surface area contributed by atoms with Gasteiger partial charge in [-0.1, -0.05) is 30.3 Å². The predicted molar refractivity (Wildman–Crippen MR) is 123 cm³/mol. The molecule has 0 N–H and O–H groups in total. The second kappa shape index (κ2) is 9.70. The molecule has 1 unspecified atom stereocenters. The molecular formula is C25H25F3N4O2. The summed E-state index contributed by atoms with van der Waals surface area (Å²) < 4.78 is 44.3. The largest absolute Gasteiger partial charge is 0.481 e. The molecular weight excluding hydrogens is 445 g/mol. The quantitative estimate of drug-likeness (QED) is 0.546. The van der Waals surface area contributed by atoms with Gasteiger partial charge in [-0.2, -0.15) is 13.2 Å². The van der Waals surface area contributed by atoms with Gasteiger partial charge in [-0.3, -0.25) is 4.79 Å².